The molecule has 0 aromatic heterocycles. The average Bonchev–Trinajstić information content (AvgIpc) is 3.38. The Bertz CT molecular complexity index is 1530. The number of ether oxygens (including phenoxy) is 3. The number of rotatable bonds is 12. The molecular weight excluding hydrogens is 582 g/mol. The number of carbonyl (C=O) groups is 4. The van der Waals surface area contributed by atoms with Gasteiger partial charge in [0.25, 0.3) is 5.91 Å². The van der Waals surface area contributed by atoms with E-state index in [1.54, 1.807) is 0 Å². The summed E-state index contributed by atoms with van der Waals surface area (Å²) in [7, 11) is 0. The van der Waals surface area contributed by atoms with Gasteiger partial charge < -0.3 is 35.1 Å². The molecule has 1 aliphatic rings. The van der Waals surface area contributed by atoms with Crippen LogP contribution in [0.4, 0.5) is 9.59 Å². The molecular formula is C33H37N3O9. The van der Waals surface area contributed by atoms with E-state index >= 15 is 0 Å². The maximum Gasteiger partial charge on any atom is 0.410 e. The van der Waals surface area contributed by atoms with Crippen LogP contribution in [0, 0.1) is 5.41 Å². The largest absolute Gasteiger partial charge is 0.480 e. The van der Waals surface area contributed by atoms with Gasteiger partial charge in [-0.3, -0.25) is 10.1 Å². The lowest BCUT2D eigenvalue weighted by atomic mass is 9.99. The number of carbonyl (C=O) groups excluding carboxylic acids is 3. The standard InChI is InChI=1S/C33H37N3O9/c1-33(2,3)19-44-31(41)35-27(30(39)40)16-34-29(38)21-9-11-24(12-10-21)45-28(17-37)36-32(42)43-18-20-8-13-26-23(14-20)15-22-6-4-5-7-25(22)26/h4-14,27-28,37H,15-19H2,1-3H3,(H,34,38)(H,35,41)(H,36,42)(H,39,40)/t27-,28?/m0/s1. The molecule has 12 heteroatoms. The molecule has 0 fully saturated rings. The number of carboxylic acids is 1. The first-order valence-corrected chi connectivity index (χ1v) is 14.4. The van der Waals surface area contributed by atoms with E-state index in [1.165, 1.54) is 46.5 Å². The lowest BCUT2D eigenvalue weighted by molar-refractivity contribution is -0.139. The van der Waals surface area contributed by atoms with E-state index in [0.717, 1.165) is 12.0 Å². The lowest BCUT2D eigenvalue weighted by Crippen LogP contribution is -2.48. The highest BCUT2D eigenvalue weighted by molar-refractivity contribution is 5.94. The van der Waals surface area contributed by atoms with Gasteiger partial charge in [-0.25, -0.2) is 14.4 Å². The summed E-state index contributed by atoms with van der Waals surface area (Å²) in [6.07, 6.45) is -1.98. The van der Waals surface area contributed by atoms with Crippen molar-refractivity contribution in [2.45, 2.75) is 46.1 Å². The number of aliphatic hydroxyl groups excluding tert-OH is 1. The molecule has 0 aliphatic heterocycles. The Morgan fingerprint density at radius 2 is 1.56 bits per heavy atom. The number of aliphatic carboxylic acids is 1. The quantitative estimate of drug-likeness (QED) is 0.148. The summed E-state index contributed by atoms with van der Waals surface area (Å²) >= 11 is 0. The number of hydrogen-bond donors (Lipinski definition) is 5. The molecule has 1 aliphatic carbocycles. The van der Waals surface area contributed by atoms with Crippen molar-refractivity contribution >= 4 is 24.1 Å². The molecule has 238 valence electrons. The predicted octanol–water partition coefficient (Wildman–Crippen LogP) is 3.84. The molecule has 45 heavy (non-hydrogen) atoms. The molecule has 5 N–H and O–H groups in total. The molecule has 3 aromatic carbocycles. The molecule has 2 atom stereocenters. The zero-order valence-corrected chi connectivity index (χ0v) is 25.3. The van der Waals surface area contributed by atoms with Crippen molar-refractivity contribution in [3.05, 3.63) is 89.0 Å². The fraction of sp³-hybridized carbons (Fsp3) is 0.333. The lowest BCUT2D eigenvalue weighted by Gasteiger charge is -2.20. The first-order valence-electron chi connectivity index (χ1n) is 14.4. The van der Waals surface area contributed by atoms with Crippen molar-refractivity contribution in [3.8, 4) is 16.9 Å². The summed E-state index contributed by atoms with van der Waals surface area (Å²) in [5.74, 6) is -1.68. The maximum absolute atomic E-state index is 12.6. The molecule has 0 spiro atoms. The van der Waals surface area contributed by atoms with Crippen molar-refractivity contribution in [3.63, 3.8) is 0 Å². The summed E-state index contributed by atoms with van der Waals surface area (Å²) in [6.45, 7) is 4.77. The number of alkyl carbamates (subject to hydrolysis) is 2. The van der Waals surface area contributed by atoms with Crippen LogP contribution >= 0.6 is 0 Å². The zero-order chi connectivity index (χ0) is 32.6. The van der Waals surface area contributed by atoms with Gasteiger partial charge in [0.1, 0.15) is 18.4 Å². The third kappa shape index (κ3) is 9.44. The average molecular weight is 620 g/mol. The van der Waals surface area contributed by atoms with E-state index in [2.05, 4.69) is 28.1 Å². The molecule has 0 heterocycles. The van der Waals surface area contributed by atoms with Crippen LogP contribution in [0.2, 0.25) is 0 Å². The van der Waals surface area contributed by atoms with E-state index in [9.17, 15) is 29.4 Å². The number of benzene rings is 3. The van der Waals surface area contributed by atoms with Crippen LogP contribution in [0.1, 0.15) is 47.8 Å². The fourth-order valence-electron chi connectivity index (χ4n) is 4.53. The van der Waals surface area contributed by atoms with Crippen molar-refractivity contribution < 1.29 is 43.6 Å². The second-order valence-electron chi connectivity index (χ2n) is 11.7. The highest BCUT2D eigenvalue weighted by Gasteiger charge is 2.23. The van der Waals surface area contributed by atoms with Gasteiger partial charge in [-0.05, 0) is 63.9 Å². The van der Waals surface area contributed by atoms with Crippen LogP contribution < -0.4 is 20.7 Å². The Kier molecular flexibility index (Phi) is 10.6. The highest BCUT2D eigenvalue weighted by atomic mass is 16.6. The number of fused-ring (bicyclic) bond motifs is 3. The molecule has 12 nitrogen and oxygen atoms in total. The normalized spacial score (nSPS) is 13.0. The molecule has 3 aromatic rings. The molecule has 0 saturated carbocycles. The minimum absolute atomic E-state index is 0.0355. The third-order valence-corrected chi connectivity index (χ3v) is 6.76. The molecule has 3 amide bonds. The van der Waals surface area contributed by atoms with Gasteiger partial charge >= 0.3 is 18.2 Å². The van der Waals surface area contributed by atoms with Gasteiger partial charge in [0.2, 0.25) is 0 Å². The summed E-state index contributed by atoms with van der Waals surface area (Å²) in [5.41, 5.74) is 5.53. The van der Waals surface area contributed by atoms with Gasteiger partial charge in [0.15, 0.2) is 6.23 Å². The van der Waals surface area contributed by atoms with Crippen molar-refractivity contribution in [2.24, 2.45) is 5.41 Å². The second kappa shape index (κ2) is 14.6. The topological polar surface area (TPSA) is 173 Å². The van der Waals surface area contributed by atoms with Crippen LogP contribution in [0.15, 0.2) is 66.7 Å². The first kappa shape index (κ1) is 32.8. The van der Waals surface area contributed by atoms with Gasteiger partial charge in [-0.2, -0.15) is 0 Å². The summed E-state index contributed by atoms with van der Waals surface area (Å²) in [5, 5.41) is 26.2. The fourth-order valence-corrected chi connectivity index (χ4v) is 4.53. The van der Waals surface area contributed by atoms with Crippen LogP contribution in [-0.4, -0.2) is 66.3 Å². The Balaban J connectivity index is 1.22. The molecule has 4 rings (SSSR count). The molecule has 0 bridgehead atoms. The van der Waals surface area contributed by atoms with Crippen LogP contribution in [0.5, 0.6) is 5.75 Å². The number of amides is 3. The van der Waals surface area contributed by atoms with Crippen LogP contribution in [0.3, 0.4) is 0 Å². The van der Waals surface area contributed by atoms with Crippen molar-refractivity contribution in [1.29, 1.82) is 0 Å². The Morgan fingerprint density at radius 3 is 2.24 bits per heavy atom. The van der Waals surface area contributed by atoms with E-state index < -0.39 is 42.9 Å². The van der Waals surface area contributed by atoms with Gasteiger partial charge in [0, 0.05) is 12.1 Å². The van der Waals surface area contributed by atoms with E-state index in [-0.39, 0.29) is 36.5 Å². The highest BCUT2D eigenvalue weighted by Crippen LogP contribution is 2.36. The van der Waals surface area contributed by atoms with E-state index in [1.807, 2.05) is 51.1 Å². The van der Waals surface area contributed by atoms with Crippen LogP contribution in [0.25, 0.3) is 11.1 Å². The van der Waals surface area contributed by atoms with Crippen LogP contribution in [-0.2, 0) is 27.3 Å². The number of hydrogen-bond acceptors (Lipinski definition) is 8. The molecule has 1 unspecified atom stereocenters. The smallest absolute Gasteiger partial charge is 0.410 e. The second-order valence-corrected chi connectivity index (χ2v) is 11.7. The zero-order valence-electron chi connectivity index (χ0n) is 25.3. The van der Waals surface area contributed by atoms with Gasteiger partial charge in [-0.15, -0.1) is 0 Å². The summed E-state index contributed by atoms with van der Waals surface area (Å²) in [4.78, 5) is 48.4. The van der Waals surface area contributed by atoms with Crippen molar-refractivity contribution in [2.75, 3.05) is 19.8 Å². The summed E-state index contributed by atoms with van der Waals surface area (Å²) < 4.78 is 16.0. The van der Waals surface area contributed by atoms with Crippen molar-refractivity contribution in [1.82, 2.24) is 16.0 Å². The Hall–Kier alpha value is -5.10. The Labute approximate surface area is 260 Å². The molecule has 0 radical (unpaired) electrons. The number of aliphatic hydroxyl groups is 1. The first-order chi connectivity index (χ1) is 21.4. The van der Waals surface area contributed by atoms with E-state index in [4.69, 9.17) is 14.2 Å². The van der Waals surface area contributed by atoms with Gasteiger partial charge in [0.05, 0.1) is 13.2 Å². The maximum atomic E-state index is 12.6. The Morgan fingerprint density at radius 1 is 0.867 bits per heavy atom. The third-order valence-electron chi connectivity index (χ3n) is 6.76. The van der Waals surface area contributed by atoms with E-state index in [0.29, 0.717) is 0 Å². The SMILES string of the molecule is CC(C)(C)COC(=O)N[C@@H](CNC(=O)c1ccc(OC(CO)NC(=O)OCc2ccc3c(c2)Cc2ccccc2-3)cc1)C(=O)O. The predicted molar refractivity (Wildman–Crippen MR) is 164 cm³/mol. The van der Waals surface area contributed by atoms with Gasteiger partial charge in [-0.1, -0.05) is 63.2 Å². The minimum Gasteiger partial charge on any atom is -0.480 e. The monoisotopic (exact) mass is 619 g/mol. The minimum atomic E-state index is -1.40. The number of carboxylic acid groups (broad SMARTS) is 1. The summed E-state index contributed by atoms with van der Waals surface area (Å²) in [6, 6.07) is 18.5. The molecule has 0 saturated heterocycles. The number of nitrogens with one attached hydrogen (secondary N) is 3.